The van der Waals surface area contributed by atoms with Crippen LogP contribution in [0.2, 0.25) is 0 Å². The molecule has 19 heavy (non-hydrogen) atoms. The van der Waals surface area contributed by atoms with Gasteiger partial charge in [-0.25, -0.2) is 9.18 Å². The lowest BCUT2D eigenvalue weighted by Gasteiger charge is -2.14. The zero-order valence-electron chi connectivity index (χ0n) is 10.5. The third-order valence-electron chi connectivity index (χ3n) is 2.69. The van der Waals surface area contributed by atoms with E-state index in [4.69, 9.17) is 9.52 Å². The fourth-order valence-electron chi connectivity index (χ4n) is 1.80. The molecular weight excluding hydrogens is 249 g/mol. The summed E-state index contributed by atoms with van der Waals surface area (Å²) in [6.45, 7) is 1.12. The van der Waals surface area contributed by atoms with E-state index in [1.807, 2.05) is 11.9 Å². The number of hydrogen-bond acceptors (Lipinski definition) is 3. The largest absolute Gasteiger partial charge is 0.478 e. The molecule has 4 nitrogen and oxygen atoms in total. The number of furan rings is 1. The Hall–Kier alpha value is -2.14. The summed E-state index contributed by atoms with van der Waals surface area (Å²) in [4.78, 5) is 12.7. The molecule has 1 N–H and O–H groups in total. The van der Waals surface area contributed by atoms with Crippen molar-refractivity contribution >= 4 is 5.97 Å². The van der Waals surface area contributed by atoms with Crippen LogP contribution in [0.25, 0.3) is 0 Å². The van der Waals surface area contributed by atoms with E-state index in [0.29, 0.717) is 18.8 Å². The van der Waals surface area contributed by atoms with Crippen molar-refractivity contribution in [1.82, 2.24) is 4.90 Å². The van der Waals surface area contributed by atoms with Gasteiger partial charge in [0.1, 0.15) is 17.8 Å². The van der Waals surface area contributed by atoms with Crippen LogP contribution < -0.4 is 0 Å². The summed E-state index contributed by atoms with van der Waals surface area (Å²) in [7, 11) is 1.88. The molecule has 0 atom stereocenters. The van der Waals surface area contributed by atoms with E-state index in [0.717, 1.165) is 5.56 Å². The standard InChI is InChI=1S/C14H14FNO3/c1-16(7-10-2-4-12(15)5-3-10)8-13-6-11(9-19-13)14(17)18/h2-6,9H,7-8H2,1H3,(H,17,18). The summed E-state index contributed by atoms with van der Waals surface area (Å²) in [6.07, 6.45) is 1.23. The molecule has 2 aromatic rings. The Bertz CT molecular complexity index is 562. The fourth-order valence-corrected chi connectivity index (χ4v) is 1.80. The van der Waals surface area contributed by atoms with Crippen LogP contribution >= 0.6 is 0 Å². The number of carbonyl (C=O) groups is 1. The van der Waals surface area contributed by atoms with E-state index < -0.39 is 5.97 Å². The predicted molar refractivity (Wildman–Crippen MR) is 67.2 cm³/mol. The number of halogens is 1. The number of benzene rings is 1. The van der Waals surface area contributed by atoms with Crippen LogP contribution in [-0.4, -0.2) is 23.0 Å². The first-order valence-corrected chi connectivity index (χ1v) is 5.78. The lowest BCUT2D eigenvalue weighted by atomic mass is 10.2. The van der Waals surface area contributed by atoms with Gasteiger partial charge < -0.3 is 9.52 Å². The summed E-state index contributed by atoms with van der Waals surface area (Å²) >= 11 is 0. The topological polar surface area (TPSA) is 53.7 Å². The number of hydrogen-bond donors (Lipinski definition) is 1. The summed E-state index contributed by atoms with van der Waals surface area (Å²) in [5.41, 5.74) is 1.12. The van der Waals surface area contributed by atoms with Gasteiger partial charge in [-0.1, -0.05) is 12.1 Å². The van der Waals surface area contributed by atoms with Gasteiger partial charge in [-0.15, -0.1) is 0 Å². The first-order chi connectivity index (χ1) is 9.04. The van der Waals surface area contributed by atoms with E-state index in [9.17, 15) is 9.18 Å². The van der Waals surface area contributed by atoms with Gasteiger partial charge in [-0.05, 0) is 30.8 Å². The maximum atomic E-state index is 12.8. The predicted octanol–water partition coefficient (Wildman–Crippen LogP) is 2.75. The van der Waals surface area contributed by atoms with Crippen molar-refractivity contribution in [1.29, 1.82) is 0 Å². The molecule has 0 saturated carbocycles. The molecule has 0 bridgehead atoms. The van der Waals surface area contributed by atoms with E-state index in [1.165, 1.54) is 24.5 Å². The van der Waals surface area contributed by atoms with Crippen LogP contribution in [0.1, 0.15) is 21.7 Å². The average Bonchev–Trinajstić information content (AvgIpc) is 2.80. The number of rotatable bonds is 5. The van der Waals surface area contributed by atoms with E-state index in [2.05, 4.69) is 0 Å². The Balaban J connectivity index is 1.94. The molecule has 1 aromatic heterocycles. The van der Waals surface area contributed by atoms with Crippen molar-refractivity contribution in [3.63, 3.8) is 0 Å². The highest BCUT2D eigenvalue weighted by molar-refractivity contribution is 5.87. The van der Waals surface area contributed by atoms with E-state index in [-0.39, 0.29) is 11.4 Å². The molecule has 100 valence electrons. The van der Waals surface area contributed by atoms with E-state index in [1.54, 1.807) is 12.1 Å². The smallest absolute Gasteiger partial charge is 0.338 e. The minimum absolute atomic E-state index is 0.144. The molecular formula is C14H14FNO3. The normalized spacial score (nSPS) is 10.9. The Kier molecular flexibility index (Phi) is 3.97. The lowest BCUT2D eigenvalue weighted by Crippen LogP contribution is -2.16. The molecule has 0 aliphatic carbocycles. The van der Waals surface area contributed by atoms with Crippen LogP contribution in [0, 0.1) is 5.82 Å². The molecule has 1 heterocycles. The quantitative estimate of drug-likeness (QED) is 0.901. The van der Waals surface area contributed by atoms with Crippen molar-refractivity contribution in [3.8, 4) is 0 Å². The molecule has 0 aliphatic rings. The monoisotopic (exact) mass is 263 g/mol. The molecule has 5 heteroatoms. The lowest BCUT2D eigenvalue weighted by molar-refractivity contribution is 0.0696. The van der Waals surface area contributed by atoms with Crippen LogP contribution in [0.15, 0.2) is 41.0 Å². The van der Waals surface area contributed by atoms with Gasteiger partial charge in [-0.2, -0.15) is 0 Å². The van der Waals surface area contributed by atoms with Crippen molar-refractivity contribution in [2.24, 2.45) is 0 Å². The Morgan fingerprint density at radius 2 is 2.00 bits per heavy atom. The zero-order chi connectivity index (χ0) is 13.8. The highest BCUT2D eigenvalue weighted by atomic mass is 19.1. The zero-order valence-corrected chi connectivity index (χ0v) is 10.5. The second-order valence-corrected chi connectivity index (χ2v) is 4.41. The molecule has 0 spiro atoms. The molecule has 0 unspecified atom stereocenters. The summed E-state index contributed by atoms with van der Waals surface area (Å²) < 4.78 is 17.9. The fraction of sp³-hybridized carbons (Fsp3) is 0.214. The van der Waals surface area contributed by atoms with Crippen molar-refractivity contribution < 1.29 is 18.7 Å². The molecule has 2 rings (SSSR count). The second-order valence-electron chi connectivity index (χ2n) is 4.41. The van der Waals surface area contributed by atoms with Crippen molar-refractivity contribution in [2.45, 2.75) is 13.1 Å². The minimum atomic E-state index is -1.00. The van der Waals surface area contributed by atoms with Gasteiger partial charge in [0.25, 0.3) is 0 Å². The van der Waals surface area contributed by atoms with Crippen molar-refractivity contribution in [3.05, 3.63) is 59.3 Å². The van der Waals surface area contributed by atoms with Crippen LogP contribution in [0.5, 0.6) is 0 Å². The van der Waals surface area contributed by atoms with Gasteiger partial charge in [0, 0.05) is 6.54 Å². The Labute approximate surface area is 110 Å². The molecule has 0 fully saturated rings. The van der Waals surface area contributed by atoms with E-state index >= 15 is 0 Å². The second kappa shape index (κ2) is 5.67. The first kappa shape index (κ1) is 13.3. The van der Waals surface area contributed by atoms with Crippen molar-refractivity contribution in [2.75, 3.05) is 7.05 Å². The van der Waals surface area contributed by atoms with Gasteiger partial charge in [-0.3, -0.25) is 4.90 Å². The average molecular weight is 263 g/mol. The van der Waals surface area contributed by atoms with Crippen LogP contribution in [0.3, 0.4) is 0 Å². The molecule has 0 radical (unpaired) electrons. The summed E-state index contributed by atoms with van der Waals surface area (Å²) in [5.74, 6) is -0.679. The van der Waals surface area contributed by atoms with Crippen LogP contribution in [-0.2, 0) is 13.1 Å². The Morgan fingerprint density at radius 1 is 1.32 bits per heavy atom. The van der Waals surface area contributed by atoms with Gasteiger partial charge in [0.2, 0.25) is 0 Å². The molecule has 0 saturated heterocycles. The summed E-state index contributed by atoms with van der Waals surface area (Å²) in [6, 6.07) is 7.77. The number of carboxylic acids is 1. The molecule has 0 aliphatic heterocycles. The minimum Gasteiger partial charge on any atom is -0.478 e. The first-order valence-electron chi connectivity index (χ1n) is 5.78. The highest BCUT2D eigenvalue weighted by Crippen LogP contribution is 2.12. The maximum absolute atomic E-state index is 12.8. The van der Waals surface area contributed by atoms with Gasteiger partial charge in [0.05, 0.1) is 12.1 Å². The molecule has 1 aromatic carbocycles. The van der Waals surface area contributed by atoms with Gasteiger partial charge in [0.15, 0.2) is 0 Å². The third kappa shape index (κ3) is 3.66. The third-order valence-corrected chi connectivity index (χ3v) is 2.69. The molecule has 0 amide bonds. The number of aromatic carboxylic acids is 1. The maximum Gasteiger partial charge on any atom is 0.338 e. The number of nitrogens with zero attached hydrogens (tertiary/aromatic N) is 1. The summed E-state index contributed by atoms with van der Waals surface area (Å²) in [5, 5.41) is 8.78. The van der Waals surface area contributed by atoms with Gasteiger partial charge >= 0.3 is 5.97 Å². The van der Waals surface area contributed by atoms with Crippen LogP contribution in [0.4, 0.5) is 4.39 Å². The Morgan fingerprint density at radius 3 is 2.58 bits per heavy atom. The highest BCUT2D eigenvalue weighted by Gasteiger charge is 2.10. The number of carboxylic acid groups (broad SMARTS) is 1. The SMILES string of the molecule is CN(Cc1ccc(F)cc1)Cc1cc(C(=O)O)co1.